The molecule has 2 aliphatic heterocycles. The molecule has 4 aromatic carbocycles. The molecule has 0 amide bonds. The summed E-state index contributed by atoms with van der Waals surface area (Å²) in [6, 6.07) is 34.2. The molecule has 0 saturated carbocycles. The quantitative estimate of drug-likeness (QED) is 0.186. The first kappa shape index (κ1) is 34.0. The Kier molecular flexibility index (Phi) is 10.6. The third kappa shape index (κ3) is 8.27. The first-order valence-electron chi connectivity index (χ1n) is 16.9. The first-order chi connectivity index (χ1) is 24.4. The van der Waals surface area contributed by atoms with E-state index in [9.17, 15) is 13.5 Å². The molecule has 0 bridgehead atoms. The van der Waals surface area contributed by atoms with Gasteiger partial charge in [0.05, 0.1) is 23.7 Å². The average Bonchev–Trinajstić information content (AvgIpc) is 3.18. The highest BCUT2D eigenvalue weighted by Gasteiger charge is 2.34. The average molecular weight is 692 g/mol. The number of benzene rings is 4. The smallest absolute Gasteiger partial charge is 0.240 e. The SMILES string of the molecule is O=S(=O)(NCc1cccc(-c2ccc([C@H]3O[C@@H](CN4CCN(c5ncccn5)CC4)C[C@@H](c4ccc(CO)cc4)O3)cc2)c1)c1ccccc1. The van der Waals surface area contributed by atoms with Crippen molar-refractivity contribution in [3.63, 3.8) is 0 Å². The van der Waals surface area contributed by atoms with Crippen molar-refractivity contribution in [2.75, 3.05) is 37.6 Å². The van der Waals surface area contributed by atoms with Crippen molar-refractivity contribution < 1.29 is 23.0 Å². The Labute approximate surface area is 293 Å². The van der Waals surface area contributed by atoms with Gasteiger partial charge in [-0.25, -0.2) is 23.1 Å². The van der Waals surface area contributed by atoms with E-state index in [1.54, 1.807) is 42.7 Å². The molecule has 10 nitrogen and oxygen atoms in total. The number of sulfonamides is 1. The highest BCUT2D eigenvalue weighted by Crippen LogP contribution is 2.39. The maximum absolute atomic E-state index is 12.7. The van der Waals surface area contributed by atoms with Gasteiger partial charge in [0, 0.05) is 63.6 Å². The molecule has 5 aromatic rings. The predicted molar refractivity (Wildman–Crippen MR) is 191 cm³/mol. The Morgan fingerprint density at radius 1 is 0.740 bits per heavy atom. The van der Waals surface area contributed by atoms with Gasteiger partial charge in [-0.05, 0) is 52.1 Å². The van der Waals surface area contributed by atoms with Crippen LogP contribution in [0.3, 0.4) is 0 Å². The van der Waals surface area contributed by atoms with E-state index in [1.807, 2.05) is 66.7 Å². The highest BCUT2D eigenvalue weighted by molar-refractivity contribution is 7.89. The van der Waals surface area contributed by atoms with Crippen LogP contribution >= 0.6 is 0 Å². The van der Waals surface area contributed by atoms with Crippen LogP contribution in [0.1, 0.15) is 41.1 Å². The third-order valence-corrected chi connectivity index (χ3v) is 10.7. The van der Waals surface area contributed by atoms with Crippen LogP contribution in [0.15, 0.2) is 126 Å². The van der Waals surface area contributed by atoms with Crippen LogP contribution in [0, 0.1) is 0 Å². The van der Waals surface area contributed by atoms with E-state index in [0.29, 0.717) is 0 Å². The van der Waals surface area contributed by atoms with Gasteiger partial charge in [-0.3, -0.25) is 4.90 Å². The van der Waals surface area contributed by atoms with Crippen LogP contribution in [0.4, 0.5) is 5.95 Å². The number of nitrogens with one attached hydrogen (secondary N) is 1. The molecule has 2 saturated heterocycles. The molecule has 0 unspecified atom stereocenters. The van der Waals surface area contributed by atoms with Crippen molar-refractivity contribution in [3.8, 4) is 11.1 Å². The van der Waals surface area contributed by atoms with Crippen molar-refractivity contribution in [3.05, 3.63) is 144 Å². The number of piperazine rings is 1. The van der Waals surface area contributed by atoms with E-state index >= 15 is 0 Å². The summed E-state index contributed by atoms with van der Waals surface area (Å²) in [4.78, 5) is 13.7. The second-order valence-electron chi connectivity index (χ2n) is 12.6. The van der Waals surface area contributed by atoms with Gasteiger partial charge < -0.3 is 19.5 Å². The van der Waals surface area contributed by atoms with Crippen LogP contribution in [-0.4, -0.2) is 67.2 Å². The maximum Gasteiger partial charge on any atom is 0.240 e. The Morgan fingerprint density at radius 2 is 1.46 bits per heavy atom. The van der Waals surface area contributed by atoms with Crippen molar-refractivity contribution >= 4 is 16.0 Å². The number of aromatic nitrogens is 2. The zero-order valence-corrected chi connectivity index (χ0v) is 28.5. The number of ether oxygens (including phenoxy) is 2. The molecule has 0 radical (unpaired) electrons. The predicted octanol–water partition coefficient (Wildman–Crippen LogP) is 5.48. The van der Waals surface area contributed by atoms with Crippen molar-refractivity contribution in [2.24, 2.45) is 0 Å². The Morgan fingerprint density at radius 3 is 2.18 bits per heavy atom. The van der Waals surface area contributed by atoms with Gasteiger partial charge >= 0.3 is 0 Å². The monoisotopic (exact) mass is 691 g/mol. The molecule has 3 atom stereocenters. The van der Waals surface area contributed by atoms with Gasteiger partial charge in [-0.2, -0.15) is 0 Å². The van der Waals surface area contributed by atoms with Crippen molar-refractivity contribution in [2.45, 2.75) is 43.0 Å². The molecule has 2 fully saturated rings. The number of aliphatic hydroxyl groups is 1. The van der Waals surface area contributed by atoms with E-state index in [0.717, 1.165) is 78.5 Å². The van der Waals surface area contributed by atoms with Gasteiger partial charge in [0.25, 0.3) is 0 Å². The molecule has 2 aliphatic rings. The first-order valence-corrected chi connectivity index (χ1v) is 18.4. The number of nitrogens with zero attached hydrogens (tertiary/aromatic N) is 4. The van der Waals surface area contributed by atoms with E-state index in [1.165, 1.54) is 0 Å². The molecule has 0 spiro atoms. The van der Waals surface area contributed by atoms with Crippen LogP contribution in [0.5, 0.6) is 0 Å². The molecular weight excluding hydrogens is 651 g/mol. The van der Waals surface area contributed by atoms with Gasteiger partial charge in [0.15, 0.2) is 6.29 Å². The summed E-state index contributed by atoms with van der Waals surface area (Å²) in [7, 11) is -3.61. The van der Waals surface area contributed by atoms with Crippen molar-refractivity contribution in [1.29, 1.82) is 0 Å². The molecule has 7 rings (SSSR count). The minimum atomic E-state index is -3.61. The third-order valence-electron chi connectivity index (χ3n) is 9.25. The summed E-state index contributed by atoms with van der Waals surface area (Å²) in [5, 5.41) is 9.57. The summed E-state index contributed by atoms with van der Waals surface area (Å²) >= 11 is 0. The fourth-order valence-corrected chi connectivity index (χ4v) is 7.50. The zero-order chi connectivity index (χ0) is 34.3. The fraction of sp³-hybridized carbons (Fsp3) is 0.282. The van der Waals surface area contributed by atoms with Crippen LogP contribution in [0.2, 0.25) is 0 Å². The molecule has 0 aliphatic carbocycles. The summed E-state index contributed by atoms with van der Waals surface area (Å²) < 4.78 is 41.4. The lowest BCUT2D eigenvalue weighted by molar-refractivity contribution is -0.253. The number of rotatable bonds is 11. The van der Waals surface area contributed by atoms with Gasteiger partial charge in [-0.1, -0.05) is 84.9 Å². The Balaban J connectivity index is 1.04. The van der Waals surface area contributed by atoms with Gasteiger partial charge in [-0.15, -0.1) is 0 Å². The lowest BCUT2D eigenvalue weighted by Crippen LogP contribution is -2.50. The van der Waals surface area contributed by atoms with Crippen LogP contribution in [-0.2, 0) is 32.6 Å². The summed E-state index contributed by atoms with van der Waals surface area (Å²) in [6.45, 7) is 4.45. The molecule has 11 heteroatoms. The molecule has 1 aromatic heterocycles. The lowest BCUT2D eigenvalue weighted by Gasteiger charge is -2.40. The summed E-state index contributed by atoms with van der Waals surface area (Å²) in [5.74, 6) is 0.767. The molecule has 3 heterocycles. The van der Waals surface area contributed by atoms with Gasteiger partial charge in [0.2, 0.25) is 16.0 Å². The van der Waals surface area contributed by atoms with Crippen molar-refractivity contribution in [1.82, 2.24) is 19.6 Å². The second kappa shape index (κ2) is 15.6. The maximum atomic E-state index is 12.7. The normalized spacial score (nSPS) is 20.1. The summed E-state index contributed by atoms with van der Waals surface area (Å²) in [5.41, 5.74) is 5.70. The van der Waals surface area contributed by atoms with Gasteiger partial charge in [0.1, 0.15) is 0 Å². The van der Waals surface area contributed by atoms with E-state index < -0.39 is 16.3 Å². The zero-order valence-electron chi connectivity index (χ0n) is 27.7. The molecule has 50 heavy (non-hydrogen) atoms. The topological polar surface area (TPSA) is 117 Å². The number of hydrogen-bond donors (Lipinski definition) is 2. The van der Waals surface area contributed by atoms with E-state index in [2.05, 4.69) is 36.6 Å². The summed E-state index contributed by atoms with van der Waals surface area (Å²) in [6.07, 6.45) is 3.51. The number of aliphatic hydroxyl groups excluding tert-OH is 1. The number of anilines is 1. The molecule has 258 valence electrons. The Hall–Kier alpha value is -4.49. The minimum Gasteiger partial charge on any atom is -0.392 e. The van der Waals surface area contributed by atoms with E-state index in [4.69, 9.17) is 9.47 Å². The Bertz CT molecular complexity index is 1940. The van der Waals surface area contributed by atoms with E-state index in [-0.39, 0.29) is 30.3 Å². The molecule has 2 N–H and O–H groups in total. The van der Waals surface area contributed by atoms with Crippen LogP contribution < -0.4 is 9.62 Å². The fourth-order valence-electron chi connectivity index (χ4n) is 6.46. The largest absolute Gasteiger partial charge is 0.392 e. The van der Waals surface area contributed by atoms with Crippen LogP contribution in [0.25, 0.3) is 11.1 Å². The minimum absolute atomic E-state index is 0.00127. The number of hydrogen-bond acceptors (Lipinski definition) is 9. The second-order valence-corrected chi connectivity index (χ2v) is 14.4. The highest BCUT2D eigenvalue weighted by atomic mass is 32.2. The standard InChI is InChI=1S/C39H41N5O5S/c45-28-29-10-12-32(13-11-29)37-25-35(27-43-20-22-44(23-21-43)39-40-18-5-19-41-39)48-38(49-37)33-16-14-31(15-17-33)34-7-4-6-30(24-34)26-42-50(46,47)36-8-2-1-3-9-36/h1-19,24,35,37-38,42,45H,20-23,25-28H2/t35-,37+,38+/m1/s1. The molecular formula is C39H41N5O5S. The lowest BCUT2D eigenvalue weighted by atomic mass is 9.99.